The molecule has 2 heterocycles. The van der Waals surface area contributed by atoms with E-state index in [1.807, 2.05) is 43.3 Å². The Hall–Kier alpha value is -2.64. The van der Waals surface area contributed by atoms with E-state index in [4.69, 9.17) is 4.74 Å². The average Bonchev–Trinajstić information content (AvgIpc) is 3.32. The van der Waals surface area contributed by atoms with Gasteiger partial charge in [-0.25, -0.2) is 0 Å². The number of carbonyl (C=O) groups is 2. The SMILES string of the molecule is CCN(CC)CCCN1C(=O)C(=O)/C(=C(/O)c2ccc3c(c2)C[C@H](C)O3)[C@@H]1c1cccc(Br)c1. The molecule has 0 saturated carbocycles. The number of hydrogen-bond donors (Lipinski definition) is 1. The second kappa shape index (κ2) is 10.3. The number of halogens is 1. The highest BCUT2D eigenvalue weighted by molar-refractivity contribution is 9.10. The van der Waals surface area contributed by atoms with Crippen LogP contribution in [0.4, 0.5) is 0 Å². The topological polar surface area (TPSA) is 70.1 Å². The van der Waals surface area contributed by atoms with E-state index in [0.717, 1.165) is 53.8 Å². The summed E-state index contributed by atoms with van der Waals surface area (Å²) >= 11 is 3.50. The maximum atomic E-state index is 13.2. The van der Waals surface area contributed by atoms with Gasteiger partial charge in [-0.15, -0.1) is 0 Å². The molecule has 2 aromatic rings. The molecule has 2 aliphatic heterocycles. The molecule has 0 aromatic heterocycles. The van der Waals surface area contributed by atoms with Gasteiger partial charge in [-0.3, -0.25) is 9.59 Å². The Labute approximate surface area is 209 Å². The number of ether oxygens (including phenoxy) is 1. The lowest BCUT2D eigenvalue weighted by Crippen LogP contribution is -2.33. The van der Waals surface area contributed by atoms with Gasteiger partial charge in [0.15, 0.2) is 0 Å². The lowest BCUT2D eigenvalue weighted by Gasteiger charge is -2.27. The van der Waals surface area contributed by atoms with Crippen LogP contribution in [-0.2, 0) is 16.0 Å². The molecule has 2 aromatic carbocycles. The van der Waals surface area contributed by atoms with E-state index < -0.39 is 17.7 Å². The smallest absolute Gasteiger partial charge is 0.295 e. The Morgan fingerprint density at radius 1 is 1.18 bits per heavy atom. The van der Waals surface area contributed by atoms with Crippen LogP contribution in [0, 0.1) is 0 Å². The van der Waals surface area contributed by atoms with E-state index in [-0.39, 0.29) is 17.4 Å². The molecule has 180 valence electrons. The van der Waals surface area contributed by atoms with Crippen LogP contribution in [-0.4, -0.2) is 58.9 Å². The lowest BCUT2D eigenvalue weighted by molar-refractivity contribution is -0.140. The number of aliphatic hydroxyl groups is 1. The summed E-state index contributed by atoms with van der Waals surface area (Å²) in [6.45, 7) is 9.36. The summed E-state index contributed by atoms with van der Waals surface area (Å²) in [4.78, 5) is 30.3. The molecule has 7 heteroatoms. The van der Waals surface area contributed by atoms with Crippen molar-refractivity contribution in [2.24, 2.45) is 0 Å². The largest absolute Gasteiger partial charge is 0.507 e. The predicted molar refractivity (Wildman–Crippen MR) is 136 cm³/mol. The normalized spacial score (nSPS) is 21.3. The van der Waals surface area contributed by atoms with E-state index in [0.29, 0.717) is 12.1 Å². The van der Waals surface area contributed by atoms with Crippen molar-refractivity contribution in [3.8, 4) is 5.75 Å². The first-order valence-corrected chi connectivity index (χ1v) is 12.7. The lowest BCUT2D eigenvalue weighted by atomic mass is 9.94. The monoisotopic (exact) mass is 526 g/mol. The van der Waals surface area contributed by atoms with Crippen molar-refractivity contribution in [1.82, 2.24) is 9.80 Å². The van der Waals surface area contributed by atoms with Gasteiger partial charge in [0.25, 0.3) is 11.7 Å². The number of benzene rings is 2. The second-order valence-corrected chi connectivity index (χ2v) is 9.80. The zero-order valence-electron chi connectivity index (χ0n) is 19.9. The van der Waals surface area contributed by atoms with Crippen LogP contribution >= 0.6 is 15.9 Å². The van der Waals surface area contributed by atoms with Crippen LogP contribution in [0.3, 0.4) is 0 Å². The number of amides is 1. The first-order valence-electron chi connectivity index (χ1n) is 11.9. The Balaban J connectivity index is 1.73. The Bertz CT molecular complexity index is 1130. The maximum Gasteiger partial charge on any atom is 0.295 e. The molecular formula is C27H31BrN2O4. The van der Waals surface area contributed by atoms with Crippen molar-refractivity contribution in [2.75, 3.05) is 26.2 Å². The first kappa shape index (κ1) is 24.5. The van der Waals surface area contributed by atoms with Gasteiger partial charge in [-0.2, -0.15) is 0 Å². The standard InChI is InChI=1S/C27H31BrN2O4/c1-4-29(5-2)12-7-13-30-24(18-8-6-9-21(28)16-18)23(26(32)27(30)33)25(31)19-10-11-22-20(15-19)14-17(3)34-22/h6,8-11,15-17,24,31H,4-5,7,12-14H2,1-3H3/b25-23+/t17-,24-/m0/s1. The fourth-order valence-electron chi connectivity index (χ4n) is 4.86. The first-order chi connectivity index (χ1) is 16.3. The fourth-order valence-corrected chi connectivity index (χ4v) is 5.28. The number of nitrogens with zero attached hydrogens (tertiary/aromatic N) is 2. The van der Waals surface area contributed by atoms with Crippen molar-refractivity contribution in [2.45, 2.75) is 45.8 Å². The average molecular weight is 527 g/mol. The molecule has 0 aliphatic carbocycles. The summed E-state index contributed by atoms with van der Waals surface area (Å²) in [5.74, 6) is -0.555. The summed E-state index contributed by atoms with van der Waals surface area (Å²) in [6.07, 6.45) is 1.56. The van der Waals surface area contributed by atoms with Crippen LogP contribution in [0.5, 0.6) is 5.75 Å². The van der Waals surface area contributed by atoms with Gasteiger partial charge in [0, 0.05) is 23.0 Å². The van der Waals surface area contributed by atoms with E-state index in [1.165, 1.54) is 0 Å². The Kier molecular flexibility index (Phi) is 7.43. The molecule has 0 radical (unpaired) electrons. The summed E-state index contributed by atoms with van der Waals surface area (Å²) in [7, 11) is 0. The Morgan fingerprint density at radius 3 is 2.65 bits per heavy atom. The van der Waals surface area contributed by atoms with Gasteiger partial charge in [0.1, 0.15) is 17.6 Å². The van der Waals surface area contributed by atoms with Gasteiger partial charge in [-0.1, -0.05) is 41.9 Å². The number of Topliss-reactive ketones (excluding diaryl/α,β-unsaturated/α-hetero) is 1. The van der Waals surface area contributed by atoms with E-state index in [1.54, 1.807) is 11.0 Å². The predicted octanol–water partition coefficient (Wildman–Crippen LogP) is 4.93. The number of rotatable bonds is 8. The van der Waals surface area contributed by atoms with E-state index in [2.05, 4.69) is 34.7 Å². The zero-order chi connectivity index (χ0) is 24.4. The molecule has 2 aliphatic rings. The molecule has 4 rings (SSSR count). The van der Waals surface area contributed by atoms with Crippen LogP contribution in [0.15, 0.2) is 52.5 Å². The fraction of sp³-hybridized carbons (Fsp3) is 0.407. The Morgan fingerprint density at radius 2 is 1.94 bits per heavy atom. The molecule has 2 atom stereocenters. The summed E-state index contributed by atoms with van der Waals surface area (Å²) in [5, 5.41) is 11.3. The molecule has 0 spiro atoms. The minimum atomic E-state index is -0.643. The highest BCUT2D eigenvalue weighted by Gasteiger charge is 2.46. The minimum absolute atomic E-state index is 0.0745. The van der Waals surface area contributed by atoms with Crippen molar-refractivity contribution in [3.05, 3.63) is 69.2 Å². The van der Waals surface area contributed by atoms with Crippen LogP contribution in [0.25, 0.3) is 5.76 Å². The van der Waals surface area contributed by atoms with Crippen LogP contribution in [0.1, 0.15) is 49.9 Å². The minimum Gasteiger partial charge on any atom is -0.507 e. The van der Waals surface area contributed by atoms with Gasteiger partial charge in [0.2, 0.25) is 0 Å². The molecular weight excluding hydrogens is 496 g/mol. The molecule has 1 amide bonds. The van der Waals surface area contributed by atoms with E-state index >= 15 is 0 Å². The summed E-state index contributed by atoms with van der Waals surface area (Å²) in [5.41, 5.74) is 2.44. The number of likely N-dealkylation sites (tertiary alicyclic amines) is 1. The van der Waals surface area contributed by atoms with E-state index in [9.17, 15) is 14.7 Å². The molecule has 1 saturated heterocycles. The number of ketones is 1. The number of hydrogen-bond acceptors (Lipinski definition) is 5. The van der Waals surface area contributed by atoms with Crippen molar-refractivity contribution in [1.29, 1.82) is 0 Å². The number of fused-ring (bicyclic) bond motifs is 1. The zero-order valence-corrected chi connectivity index (χ0v) is 21.5. The summed E-state index contributed by atoms with van der Waals surface area (Å²) < 4.78 is 6.62. The number of aliphatic hydroxyl groups excluding tert-OH is 1. The molecule has 0 unspecified atom stereocenters. The van der Waals surface area contributed by atoms with Crippen LogP contribution in [0.2, 0.25) is 0 Å². The maximum absolute atomic E-state index is 13.2. The quantitative estimate of drug-likeness (QED) is 0.300. The second-order valence-electron chi connectivity index (χ2n) is 8.88. The van der Waals surface area contributed by atoms with Gasteiger partial charge in [-0.05, 0) is 74.4 Å². The van der Waals surface area contributed by atoms with Crippen molar-refractivity contribution in [3.63, 3.8) is 0 Å². The van der Waals surface area contributed by atoms with Gasteiger partial charge >= 0.3 is 0 Å². The molecule has 0 bridgehead atoms. The third-order valence-electron chi connectivity index (χ3n) is 6.64. The van der Waals surface area contributed by atoms with Crippen molar-refractivity contribution >= 4 is 33.4 Å². The molecule has 34 heavy (non-hydrogen) atoms. The molecule has 6 nitrogen and oxygen atoms in total. The van der Waals surface area contributed by atoms with Crippen LogP contribution < -0.4 is 4.74 Å². The highest BCUT2D eigenvalue weighted by atomic mass is 79.9. The third-order valence-corrected chi connectivity index (χ3v) is 7.13. The van der Waals surface area contributed by atoms with Gasteiger partial charge in [0.05, 0.1) is 11.6 Å². The molecule has 1 N–H and O–H groups in total. The number of carbonyl (C=O) groups excluding carboxylic acids is 2. The molecule has 1 fully saturated rings. The highest BCUT2D eigenvalue weighted by Crippen LogP contribution is 2.41. The third kappa shape index (κ3) is 4.77. The summed E-state index contributed by atoms with van der Waals surface area (Å²) in [6, 6.07) is 12.4. The van der Waals surface area contributed by atoms with Crippen molar-refractivity contribution < 1.29 is 19.4 Å². The van der Waals surface area contributed by atoms with Gasteiger partial charge < -0.3 is 19.6 Å².